The van der Waals surface area contributed by atoms with Crippen LogP contribution >= 0.6 is 0 Å². The van der Waals surface area contributed by atoms with Crippen LogP contribution in [0.25, 0.3) is 0 Å². The molecule has 13 nitrogen and oxygen atoms in total. The summed E-state index contributed by atoms with van der Waals surface area (Å²) < 4.78 is 123. The molecule has 0 spiro atoms. The van der Waals surface area contributed by atoms with E-state index in [9.17, 15) is 47.7 Å². The second kappa shape index (κ2) is 14.3. The highest BCUT2D eigenvalue weighted by Gasteiger charge is 2.47. The highest BCUT2D eigenvalue weighted by Crippen LogP contribution is 2.52. The van der Waals surface area contributed by atoms with E-state index in [-0.39, 0.29) is 34.4 Å². The Morgan fingerprint density at radius 3 is 1.94 bits per heavy atom. The van der Waals surface area contributed by atoms with Gasteiger partial charge in [-0.25, -0.2) is 4.21 Å². The van der Waals surface area contributed by atoms with Crippen LogP contribution in [0.5, 0.6) is 0 Å². The fourth-order valence-corrected chi connectivity index (χ4v) is 8.84. The van der Waals surface area contributed by atoms with E-state index >= 15 is 0 Å². The minimum Gasteiger partial charge on any atom is -0.344 e. The van der Waals surface area contributed by atoms with E-state index in [2.05, 4.69) is 5.87 Å². The molecule has 4 rings (SSSR count). The zero-order chi connectivity index (χ0) is 38.4. The van der Waals surface area contributed by atoms with E-state index in [0.717, 1.165) is 5.70 Å². The maximum absolute atomic E-state index is 12.1. The molecule has 2 aromatic rings. The molecular formula is C34H45N2O11S4+. The molecule has 0 fully saturated rings. The monoisotopic (exact) mass is 785 g/mol. The second-order valence-electron chi connectivity index (χ2n) is 13.7. The fraction of sp³-hybridized carbons (Fsp3) is 0.412. The van der Waals surface area contributed by atoms with Crippen LogP contribution in [0.2, 0.25) is 0 Å². The van der Waals surface area contributed by atoms with Crippen molar-refractivity contribution in [1.82, 2.24) is 0 Å². The van der Waals surface area contributed by atoms with Gasteiger partial charge in [-0.3, -0.25) is 13.7 Å². The summed E-state index contributed by atoms with van der Waals surface area (Å²) in [7, 11) is -16.5. The summed E-state index contributed by atoms with van der Waals surface area (Å²) in [6, 6.07) is 8.59. The molecule has 4 N–H and O–H groups in total. The second-order valence-corrected chi connectivity index (χ2v) is 20.1. The van der Waals surface area contributed by atoms with Gasteiger partial charge in [0.25, 0.3) is 30.4 Å². The van der Waals surface area contributed by atoms with Gasteiger partial charge in [0, 0.05) is 53.2 Å². The molecule has 0 saturated heterocycles. The Kier molecular flexibility index (Phi) is 11.4. The first-order valence-corrected chi connectivity index (χ1v) is 22.4. The third-order valence-corrected chi connectivity index (χ3v) is 13.0. The quantitative estimate of drug-likeness (QED) is 0.0879. The van der Waals surface area contributed by atoms with Crippen molar-refractivity contribution in [2.75, 3.05) is 29.5 Å². The summed E-state index contributed by atoms with van der Waals surface area (Å²) >= 11 is 0. The van der Waals surface area contributed by atoms with E-state index in [1.165, 1.54) is 24.3 Å². The van der Waals surface area contributed by atoms with Gasteiger partial charge in [-0.2, -0.15) is 29.8 Å². The number of anilines is 1. The topological polar surface area (TPSA) is 207 Å². The van der Waals surface area contributed by atoms with Crippen molar-refractivity contribution in [2.24, 2.45) is 5.92 Å². The Hall–Kier alpha value is -3.16. The summed E-state index contributed by atoms with van der Waals surface area (Å²) in [4.78, 5) is 1.45. The molecule has 2 aliphatic heterocycles. The third kappa shape index (κ3) is 8.90. The van der Waals surface area contributed by atoms with Crippen molar-refractivity contribution in [3.05, 3.63) is 83.6 Å². The lowest BCUT2D eigenvalue weighted by Gasteiger charge is -2.34. The van der Waals surface area contributed by atoms with Gasteiger partial charge in [0.2, 0.25) is 5.69 Å². The predicted octanol–water partition coefficient (Wildman–Crippen LogP) is 4.84. The Morgan fingerprint density at radius 2 is 1.39 bits per heavy atom. The zero-order valence-electron chi connectivity index (χ0n) is 29.1. The number of hydrogen-bond acceptors (Lipinski definition) is 8. The average Bonchev–Trinajstić information content (AvgIpc) is 3.35. The highest BCUT2D eigenvalue weighted by molar-refractivity contribution is 7.95. The number of fused-ring (bicyclic) bond motifs is 2. The van der Waals surface area contributed by atoms with Crippen molar-refractivity contribution in [2.45, 2.75) is 68.1 Å². The number of benzene rings is 2. The van der Waals surface area contributed by atoms with E-state index < -0.39 is 56.7 Å². The van der Waals surface area contributed by atoms with Crippen molar-refractivity contribution < 1.29 is 52.2 Å². The molecule has 0 aromatic heterocycles. The van der Waals surface area contributed by atoms with Gasteiger partial charge in [0.1, 0.15) is 6.54 Å². The molecule has 0 saturated carbocycles. The minimum absolute atomic E-state index is 0.0462. The Morgan fingerprint density at radius 1 is 0.804 bits per heavy atom. The Bertz CT molecular complexity index is 2290. The smallest absolute Gasteiger partial charge is 0.294 e. The lowest BCUT2D eigenvalue weighted by atomic mass is 9.72. The van der Waals surface area contributed by atoms with E-state index in [1.807, 2.05) is 56.2 Å². The van der Waals surface area contributed by atoms with Crippen LogP contribution in [-0.4, -0.2) is 88.4 Å². The van der Waals surface area contributed by atoms with Crippen LogP contribution in [-0.2, 0) is 51.0 Å². The summed E-state index contributed by atoms with van der Waals surface area (Å²) in [6.45, 7) is 10.2. The average molecular weight is 786 g/mol. The maximum atomic E-state index is 12.1. The lowest BCUT2D eigenvalue weighted by Crippen LogP contribution is -2.34. The molecular weight excluding hydrogens is 741 g/mol. The maximum Gasteiger partial charge on any atom is 0.294 e. The van der Waals surface area contributed by atoms with Crippen molar-refractivity contribution in [3.63, 3.8) is 0 Å². The largest absolute Gasteiger partial charge is 0.344 e. The normalized spacial score (nSPS) is 21.3. The Labute approximate surface area is 301 Å². The van der Waals surface area contributed by atoms with Crippen molar-refractivity contribution >= 4 is 63.1 Å². The van der Waals surface area contributed by atoms with Gasteiger partial charge in [-0.1, -0.05) is 32.1 Å². The summed E-state index contributed by atoms with van der Waals surface area (Å²) in [5.74, 6) is 2.75. The summed E-state index contributed by atoms with van der Waals surface area (Å²) in [6.07, 6.45) is 9.40. The predicted molar refractivity (Wildman–Crippen MR) is 200 cm³/mol. The van der Waals surface area contributed by atoms with Crippen LogP contribution in [0.3, 0.4) is 0 Å². The van der Waals surface area contributed by atoms with E-state index in [4.69, 9.17) is 0 Å². The zero-order valence-corrected chi connectivity index (χ0v) is 32.3. The van der Waals surface area contributed by atoms with Crippen LogP contribution < -0.4 is 4.90 Å². The first-order valence-electron chi connectivity index (χ1n) is 16.0. The summed E-state index contributed by atoms with van der Waals surface area (Å²) in [5.41, 5.74) is 2.59. The molecule has 2 unspecified atom stereocenters. The first kappa shape index (κ1) is 40.6. The van der Waals surface area contributed by atoms with Crippen LogP contribution in [0.4, 0.5) is 11.4 Å². The molecule has 0 amide bonds. The lowest BCUT2D eigenvalue weighted by molar-refractivity contribution is -0.437. The van der Waals surface area contributed by atoms with Crippen LogP contribution in [0.15, 0.2) is 82.3 Å². The first-order chi connectivity index (χ1) is 23.3. The van der Waals surface area contributed by atoms with E-state index in [0.29, 0.717) is 41.2 Å². The van der Waals surface area contributed by atoms with Gasteiger partial charge >= 0.3 is 0 Å². The Balaban J connectivity index is 1.77. The molecule has 51 heavy (non-hydrogen) atoms. The van der Waals surface area contributed by atoms with Crippen molar-refractivity contribution in [1.29, 1.82) is 0 Å². The van der Waals surface area contributed by atoms with Crippen LogP contribution in [0.1, 0.15) is 58.6 Å². The van der Waals surface area contributed by atoms with Crippen molar-refractivity contribution in [3.8, 4) is 0 Å². The third-order valence-electron chi connectivity index (χ3n) is 9.61. The number of allylic oxidation sites excluding steroid dienone is 6. The standard InChI is InChI=1S/C34H44N2O11S4/c1-24(2)34(5)28-23-26(51(45,46)47)15-17-30(28)36(18-10-20-48(6,37)38)32(34)13-9-7-8-12-31-33(3,4)27-22-25(50(42,43)44)14-16-29(27)35(31)19-11-21-49(39,40)41/h7-9,12-17,22-24H,6,10-11,18-21H2,1-5H3,(H3-,37,38,39,40,41,42,43,44,45,46,47)/p+1. The van der Waals surface area contributed by atoms with Gasteiger partial charge < -0.3 is 9.45 Å². The number of rotatable bonds is 14. The van der Waals surface area contributed by atoms with Gasteiger partial charge in [-0.15, -0.1) is 0 Å². The highest BCUT2D eigenvalue weighted by atomic mass is 32.2. The SMILES string of the molecule is C=S(=O)(O)CCCN1/C(=C/C=C/C=C/C2=[N+](CCCS(=O)(=O)O)c3ccc(S(=O)(=O)O)cc3C2(C)C)C(C)(C(C)C)c2cc(S(=O)(=O)O)ccc21. The molecule has 2 aromatic carbocycles. The minimum atomic E-state index is -4.49. The molecule has 2 atom stereocenters. The van der Waals surface area contributed by atoms with Crippen LogP contribution in [0, 0.1) is 5.92 Å². The molecule has 0 bridgehead atoms. The summed E-state index contributed by atoms with van der Waals surface area (Å²) in [5, 5.41) is 0. The molecule has 2 heterocycles. The molecule has 17 heteroatoms. The molecule has 0 radical (unpaired) electrons. The molecule has 2 aliphatic rings. The van der Waals surface area contributed by atoms with E-state index in [1.54, 1.807) is 30.4 Å². The fourth-order valence-electron chi connectivity index (χ4n) is 6.75. The molecule has 0 aliphatic carbocycles. The number of hydrogen-bond donors (Lipinski definition) is 4. The molecule has 280 valence electrons. The number of nitrogens with zero attached hydrogens (tertiary/aromatic N) is 2. The van der Waals surface area contributed by atoms with Gasteiger partial charge in [0.05, 0.1) is 30.8 Å². The van der Waals surface area contributed by atoms with Gasteiger partial charge in [-0.05, 0) is 81.0 Å². The van der Waals surface area contributed by atoms with Gasteiger partial charge in [0.15, 0.2) is 5.71 Å².